The zero-order valence-corrected chi connectivity index (χ0v) is 20.7. The van der Waals surface area contributed by atoms with Gasteiger partial charge in [0.2, 0.25) is 5.95 Å². The molecule has 210 valence electrons. The lowest BCUT2D eigenvalue weighted by Crippen LogP contribution is -2.36. The molecule has 1 saturated heterocycles. The van der Waals surface area contributed by atoms with E-state index >= 15 is 0 Å². The van der Waals surface area contributed by atoms with Crippen molar-refractivity contribution in [3.8, 4) is 0 Å². The maximum atomic E-state index is 14.6. The van der Waals surface area contributed by atoms with Crippen molar-refractivity contribution < 1.29 is 44.7 Å². The molecule has 0 atom stereocenters. The SMILES string of the molecule is O=C(O)C(F)(F)F.O=S(=O)(Nc1ncccn1)c1c(F)cc(NCc2c(F)cccc2CN2CCC2)cc1F. The van der Waals surface area contributed by atoms with Crippen LogP contribution in [0.15, 0.2) is 53.7 Å². The number of nitrogens with zero attached hydrogens (tertiary/aromatic N) is 3. The second kappa shape index (κ2) is 12.3. The lowest BCUT2D eigenvalue weighted by Gasteiger charge is -2.31. The summed E-state index contributed by atoms with van der Waals surface area (Å²) >= 11 is 0. The third kappa shape index (κ3) is 8.03. The molecule has 0 amide bonds. The molecule has 39 heavy (non-hydrogen) atoms. The van der Waals surface area contributed by atoms with Gasteiger partial charge in [-0.15, -0.1) is 0 Å². The standard InChI is InChI=1S/C21H20F3N5O2S.C2HF3O2/c22-17-5-1-4-14(13-29-8-3-9-29)16(17)12-27-15-10-18(23)20(19(24)11-15)32(30,31)28-21-25-6-2-7-26-21;3-2(4,5)1(6)7/h1-2,4-7,10-11,27H,3,8-9,12-13H2,(H,25,26,28);(H,6,7). The van der Waals surface area contributed by atoms with Crippen LogP contribution in [0.5, 0.6) is 0 Å². The summed E-state index contributed by atoms with van der Waals surface area (Å²) in [6.45, 7) is 2.45. The quantitative estimate of drug-likeness (QED) is 0.341. The number of anilines is 2. The molecule has 0 bridgehead atoms. The van der Waals surface area contributed by atoms with Gasteiger partial charge in [-0.1, -0.05) is 12.1 Å². The Labute approximate surface area is 218 Å². The Morgan fingerprint density at radius 2 is 1.59 bits per heavy atom. The molecule has 0 aliphatic carbocycles. The molecule has 1 fully saturated rings. The fourth-order valence-electron chi connectivity index (χ4n) is 3.36. The van der Waals surface area contributed by atoms with Crippen molar-refractivity contribution in [2.75, 3.05) is 23.1 Å². The third-order valence-corrected chi connectivity index (χ3v) is 6.71. The molecule has 4 rings (SSSR count). The number of halogens is 6. The van der Waals surface area contributed by atoms with Crippen LogP contribution in [0.3, 0.4) is 0 Å². The van der Waals surface area contributed by atoms with Crippen LogP contribution in [-0.4, -0.2) is 53.6 Å². The van der Waals surface area contributed by atoms with Crippen molar-refractivity contribution in [2.45, 2.75) is 30.6 Å². The Morgan fingerprint density at radius 3 is 2.10 bits per heavy atom. The van der Waals surface area contributed by atoms with E-state index in [0.717, 1.165) is 37.2 Å². The van der Waals surface area contributed by atoms with Crippen molar-refractivity contribution in [3.63, 3.8) is 0 Å². The van der Waals surface area contributed by atoms with Crippen molar-refractivity contribution in [2.24, 2.45) is 0 Å². The number of rotatable bonds is 8. The van der Waals surface area contributed by atoms with E-state index in [4.69, 9.17) is 9.90 Å². The average Bonchev–Trinajstić information content (AvgIpc) is 2.80. The second-order valence-electron chi connectivity index (χ2n) is 8.11. The summed E-state index contributed by atoms with van der Waals surface area (Å²) in [6.07, 6.45) is -1.42. The number of aliphatic carboxylic acids is 1. The van der Waals surface area contributed by atoms with Crippen LogP contribution in [-0.2, 0) is 27.9 Å². The molecule has 9 nitrogen and oxygen atoms in total. The van der Waals surface area contributed by atoms with Gasteiger partial charge < -0.3 is 10.4 Å². The van der Waals surface area contributed by atoms with E-state index in [2.05, 4.69) is 20.2 Å². The summed E-state index contributed by atoms with van der Waals surface area (Å²) in [4.78, 5) is 17.3. The number of carboxylic acids is 1. The van der Waals surface area contributed by atoms with Crippen LogP contribution in [0.2, 0.25) is 0 Å². The number of carbonyl (C=O) groups is 1. The lowest BCUT2D eigenvalue weighted by molar-refractivity contribution is -0.192. The molecule has 0 spiro atoms. The highest BCUT2D eigenvalue weighted by atomic mass is 32.2. The zero-order chi connectivity index (χ0) is 28.8. The van der Waals surface area contributed by atoms with Crippen LogP contribution in [0.25, 0.3) is 0 Å². The molecule has 3 N–H and O–H groups in total. The van der Waals surface area contributed by atoms with Gasteiger partial charge in [0, 0.05) is 36.7 Å². The fraction of sp³-hybridized carbons (Fsp3) is 0.261. The Hall–Kier alpha value is -3.92. The van der Waals surface area contributed by atoms with Gasteiger partial charge in [-0.25, -0.2) is 41.1 Å². The Bertz CT molecular complexity index is 1400. The number of carboxylic acid groups (broad SMARTS) is 1. The number of benzene rings is 2. The highest BCUT2D eigenvalue weighted by Gasteiger charge is 2.38. The molecule has 1 aliphatic rings. The van der Waals surface area contributed by atoms with Gasteiger partial charge >= 0.3 is 12.1 Å². The lowest BCUT2D eigenvalue weighted by atomic mass is 10.0. The first-order valence-electron chi connectivity index (χ1n) is 11.1. The molecule has 0 unspecified atom stereocenters. The summed E-state index contributed by atoms with van der Waals surface area (Å²) in [6, 6.07) is 7.91. The van der Waals surface area contributed by atoms with Gasteiger partial charge in [0.1, 0.15) is 17.5 Å². The molecular weight excluding hydrogens is 556 g/mol. The molecule has 1 aromatic heterocycles. The average molecular weight is 578 g/mol. The number of aromatic nitrogens is 2. The summed E-state index contributed by atoms with van der Waals surface area (Å²) < 4.78 is 102. The Balaban J connectivity index is 0.000000532. The van der Waals surface area contributed by atoms with E-state index in [1.54, 1.807) is 6.07 Å². The third-order valence-electron chi connectivity index (χ3n) is 5.33. The van der Waals surface area contributed by atoms with Crippen molar-refractivity contribution in [3.05, 3.63) is 77.4 Å². The van der Waals surface area contributed by atoms with E-state index in [9.17, 15) is 34.8 Å². The molecule has 0 radical (unpaired) electrons. The molecule has 1 aliphatic heterocycles. The predicted octanol–water partition coefficient (Wildman–Crippen LogP) is 4.15. The van der Waals surface area contributed by atoms with E-state index < -0.39 is 44.5 Å². The first-order valence-corrected chi connectivity index (χ1v) is 12.6. The minimum Gasteiger partial charge on any atom is -0.475 e. The minimum absolute atomic E-state index is 0.0169. The largest absolute Gasteiger partial charge is 0.490 e. The summed E-state index contributed by atoms with van der Waals surface area (Å²) in [5, 5.41) is 9.91. The normalized spacial score (nSPS) is 13.6. The van der Waals surface area contributed by atoms with Gasteiger partial charge in [-0.05, 0) is 49.3 Å². The number of alkyl halides is 3. The van der Waals surface area contributed by atoms with E-state index in [-0.39, 0.29) is 18.2 Å². The number of sulfonamides is 1. The first kappa shape index (κ1) is 29.6. The van der Waals surface area contributed by atoms with Crippen LogP contribution in [0.4, 0.5) is 38.0 Å². The van der Waals surface area contributed by atoms with Gasteiger partial charge in [0.05, 0.1) is 0 Å². The Morgan fingerprint density at radius 1 is 1.00 bits per heavy atom. The monoisotopic (exact) mass is 577 g/mol. The molecule has 16 heteroatoms. The van der Waals surface area contributed by atoms with E-state index in [0.29, 0.717) is 12.1 Å². The van der Waals surface area contributed by atoms with Gasteiger partial charge in [0.15, 0.2) is 4.90 Å². The molecule has 2 heterocycles. The van der Waals surface area contributed by atoms with Crippen molar-refractivity contribution in [1.82, 2.24) is 14.9 Å². The zero-order valence-electron chi connectivity index (χ0n) is 19.8. The van der Waals surface area contributed by atoms with Gasteiger partial charge in [-0.2, -0.15) is 13.2 Å². The highest BCUT2D eigenvalue weighted by molar-refractivity contribution is 7.92. The number of hydrogen-bond donors (Lipinski definition) is 3. The summed E-state index contributed by atoms with van der Waals surface area (Å²) in [5.41, 5.74) is 1.15. The molecule has 0 saturated carbocycles. The highest BCUT2D eigenvalue weighted by Crippen LogP contribution is 2.26. The summed E-state index contributed by atoms with van der Waals surface area (Å²) in [7, 11) is -4.60. The topological polar surface area (TPSA) is 125 Å². The maximum Gasteiger partial charge on any atom is 0.490 e. The van der Waals surface area contributed by atoms with Crippen molar-refractivity contribution in [1.29, 1.82) is 0 Å². The maximum absolute atomic E-state index is 14.6. The summed E-state index contributed by atoms with van der Waals surface area (Å²) in [5.74, 6) is -6.10. The van der Waals surface area contributed by atoms with Crippen LogP contribution < -0.4 is 10.0 Å². The smallest absolute Gasteiger partial charge is 0.475 e. The fourth-order valence-corrected chi connectivity index (χ4v) is 4.44. The van der Waals surface area contributed by atoms with E-state index in [1.807, 2.05) is 10.8 Å². The number of nitrogens with one attached hydrogen (secondary N) is 2. The van der Waals surface area contributed by atoms with Crippen LogP contribution in [0, 0.1) is 17.5 Å². The molecular formula is C23H21F6N5O4S. The minimum atomic E-state index is -5.08. The van der Waals surface area contributed by atoms with Gasteiger partial charge in [0.25, 0.3) is 10.0 Å². The first-order chi connectivity index (χ1) is 18.3. The van der Waals surface area contributed by atoms with Crippen LogP contribution >= 0.6 is 0 Å². The molecule has 2 aromatic carbocycles. The second-order valence-corrected chi connectivity index (χ2v) is 9.73. The number of likely N-dealkylation sites (tertiary alicyclic amines) is 1. The predicted molar refractivity (Wildman–Crippen MR) is 127 cm³/mol. The van der Waals surface area contributed by atoms with Crippen LogP contribution in [0.1, 0.15) is 17.5 Å². The number of hydrogen-bond acceptors (Lipinski definition) is 7. The molecule has 3 aromatic rings. The van der Waals surface area contributed by atoms with Gasteiger partial charge in [-0.3, -0.25) is 4.90 Å². The Kier molecular flexibility index (Phi) is 9.34. The van der Waals surface area contributed by atoms with Crippen molar-refractivity contribution >= 4 is 27.6 Å². The van der Waals surface area contributed by atoms with E-state index in [1.165, 1.54) is 24.5 Å².